The van der Waals surface area contributed by atoms with Crippen LogP contribution in [-0.4, -0.2) is 37.3 Å². The van der Waals surface area contributed by atoms with Crippen LogP contribution in [0.15, 0.2) is 44.9 Å². The van der Waals surface area contributed by atoms with E-state index in [1.807, 2.05) is 19.9 Å². The second-order valence-corrected chi connectivity index (χ2v) is 7.54. The highest BCUT2D eigenvalue weighted by atomic mass is 32.2. The van der Waals surface area contributed by atoms with E-state index in [0.717, 1.165) is 17.7 Å². The minimum Gasteiger partial charge on any atom is -0.493 e. The third kappa shape index (κ3) is 5.38. The van der Waals surface area contributed by atoms with E-state index in [0.29, 0.717) is 22.4 Å². The zero-order valence-electron chi connectivity index (χ0n) is 18.3. The monoisotopic (exact) mass is 458 g/mol. The molecule has 9 nitrogen and oxygen atoms in total. The number of methoxy groups -OCH3 is 3. The SMILES string of the molecule is COc1cc(C(=O)Oc2coc(CSc3nc(C)cc(C)n3)cc2=O)cc(OC)c1OC. The van der Waals surface area contributed by atoms with Gasteiger partial charge in [-0.3, -0.25) is 4.79 Å². The first-order valence-electron chi connectivity index (χ1n) is 9.43. The molecule has 3 rings (SSSR count). The number of nitrogens with zero attached hydrogens (tertiary/aromatic N) is 2. The van der Waals surface area contributed by atoms with Gasteiger partial charge in [0.1, 0.15) is 12.0 Å². The molecule has 0 N–H and O–H groups in total. The topological polar surface area (TPSA) is 110 Å². The zero-order valence-corrected chi connectivity index (χ0v) is 19.1. The zero-order chi connectivity index (χ0) is 23.3. The van der Waals surface area contributed by atoms with Gasteiger partial charge in [0.25, 0.3) is 0 Å². The summed E-state index contributed by atoms with van der Waals surface area (Å²) in [5.41, 5.74) is 1.34. The van der Waals surface area contributed by atoms with Gasteiger partial charge >= 0.3 is 5.97 Å². The number of thioether (sulfide) groups is 1. The Balaban J connectivity index is 1.74. The van der Waals surface area contributed by atoms with Crippen molar-refractivity contribution in [1.29, 1.82) is 0 Å². The summed E-state index contributed by atoms with van der Waals surface area (Å²) in [4.78, 5) is 33.7. The number of carbonyl (C=O) groups excluding carboxylic acids is 1. The minimum atomic E-state index is -0.776. The molecule has 0 amide bonds. The van der Waals surface area contributed by atoms with Crippen molar-refractivity contribution in [3.05, 3.63) is 63.5 Å². The third-order valence-electron chi connectivity index (χ3n) is 4.26. The lowest BCUT2D eigenvalue weighted by molar-refractivity contribution is 0.0728. The Morgan fingerprint density at radius 2 is 1.56 bits per heavy atom. The van der Waals surface area contributed by atoms with Gasteiger partial charge in [0.2, 0.25) is 16.9 Å². The molecule has 2 heterocycles. The summed E-state index contributed by atoms with van der Waals surface area (Å²) in [6, 6.07) is 6.01. The van der Waals surface area contributed by atoms with Gasteiger partial charge in [0.05, 0.1) is 32.6 Å². The molecule has 32 heavy (non-hydrogen) atoms. The highest BCUT2D eigenvalue weighted by Crippen LogP contribution is 2.38. The number of hydrogen-bond acceptors (Lipinski definition) is 10. The normalized spacial score (nSPS) is 10.5. The number of esters is 1. The van der Waals surface area contributed by atoms with Gasteiger partial charge in [-0.2, -0.15) is 0 Å². The van der Waals surface area contributed by atoms with E-state index in [1.54, 1.807) is 0 Å². The van der Waals surface area contributed by atoms with Crippen LogP contribution in [0.4, 0.5) is 0 Å². The molecule has 0 spiro atoms. The second kappa shape index (κ2) is 10.2. The van der Waals surface area contributed by atoms with Crippen LogP contribution in [0.25, 0.3) is 0 Å². The first-order chi connectivity index (χ1) is 15.3. The van der Waals surface area contributed by atoms with Crippen LogP contribution in [-0.2, 0) is 5.75 Å². The van der Waals surface area contributed by atoms with Crippen LogP contribution in [0.5, 0.6) is 23.0 Å². The largest absolute Gasteiger partial charge is 0.493 e. The molecule has 0 saturated heterocycles. The number of carbonyl (C=O) groups is 1. The molecular formula is C22H22N2O7S. The lowest BCUT2D eigenvalue weighted by Gasteiger charge is -2.13. The average Bonchev–Trinajstić information content (AvgIpc) is 2.77. The van der Waals surface area contributed by atoms with Gasteiger partial charge in [-0.05, 0) is 32.0 Å². The molecule has 0 atom stereocenters. The minimum absolute atomic E-state index is 0.116. The molecule has 0 aliphatic rings. The van der Waals surface area contributed by atoms with Crippen molar-refractivity contribution in [1.82, 2.24) is 9.97 Å². The molecule has 0 saturated carbocycles. The van der Waals surface area contributed by atoms with Crippen molar-refractivity contribution in [2.45, 2.75) is 24.8 Å². The number of ether oxygens (including phenoxy) is 4. The van der Waals surface area contributed by atoms with Gasteiger partial charge < -0.3 is 23.4 Å². The van der Waals surface area contributed by atoms with Crippen molar-refractivity contribution >= 4 is 17.7 Å². The molecule has 0 fully saturated rings. The van der Waals surface area contributed by atoms with E-state index in [1.165, 1.54) is 51.3 Å². The lowest BCUT2D eigenvalue weighted by Crippen LogP contribution is -2.15. The highest BCUT2D eigenvalue weighted by Gasteiger charge is 2.19. The molecule has 2 aromatic heterocycles. The van der Waals surface area contributed by atoms with E-state index in [9.17, 15) is 9.59 Å². The van der Waals surface area contributed by atoms with Gasteiger partial charge in [-0.15, -0.1) is 0 Å². The molecular weight excluding hydrogens is 436 g/mol. The molecule has 1 aromatic carbocycles. The molecule has 0 unspecified atom stereocenters. The molecule has 10 heteroatoms. The number of rotatable bonds is 8. The van der Waals surface area contributed by atoms with Crippen molar-refractivity contribution in [3.63, 3.8) is 0 Å². The van der Waals surface area contributed by atoms with Gasteiger partial charge in [0.15, 0.2) is 16.7 Å². The van der Waals surface area contributed by atoms with Crippen molar-refractivity contribution in [3.8, 4) is 23.0 Å². The standard InChI is InChI=1S/C22H22N2O7S/c1-12-6-13(2)24-22(23-12)32-11-15-9-16(25)19(10-30-15)31-21(26)14-7-17(27-3)20(29-5)18(8-14)28-4/h6-10H,11H2,1-5H3. The quantitative estimate of drug-likeness (QED) is 0.282. The number of benzene rings is 1. The van der Waals surface area contributed by atoms with E-state index >= 15 is 0 Å². The Labute approximate surface area is 188 Å². The first-order valence-corrected chi connectivity index (χ1v) is 10.4. The number of hydrogen-bond donors (Lipinski definition) is 0. The maximum Gasteiger partial charge on any atom is 0.344 e. The smallest absolute Gasteiger partial charge is 0.344 e. The van der Waals surface area contributed by atoms with Crippen LogP contribution in [0, 0.1) is 13.8 Å². The highest BCUT2D eigenvalue weighted by molar-refractivity contribution is 7.98. The van der Waals surface area contributed by atoms with E-state index in [-0.39, 0.29) is 22.8 Å². The summed E-state index contributed by atoms with van der Waals surface area (Å²) in [7, 11) is 4.32. The summed E-state index contributed by atoms with van der Waals surface area (Å²) in [6.07, 6.45) is 1.11. The Bertz CT molecular complexity index is 1150. The van der Waals surface area contributed by atoms with Crippen molar-refractivity contribution in [2.75, 3.05) is 21.3 Å². The Morgan fingerprint density at radius 1 is 0.938 bits per heavy atom. The van der Waals surface area contributed by atoms with Crippen molar-refractivity contribution < 1.29 is 28.2 Å². The van der Waals surface area contributed by atoms with Crippen LogP contribution in [0.3, 0.4) is 0 Å². The van der Waals surface area contributed by atoms with Crippen LogP contribution in [0.1, 0.15) is 27.5 Å². The Hall–Kier alpha value is -3.53. The third-order valence-corrected chi connectivity index (χ3v) is 5.13. The maximum absolute atomic E-state index is 12.6. The van der Waals surface area contributed by atoms with Crippen molar-refractivity contribution in [2.24, 2.45) is 0 Å². The average molecular weight is 458 g/mol. The molecule has 3 aromatic rings. The Kier molecular flexibility index (Phi) is 7.37. The summed E-state index contributed by atoms with van der Waals surface area (Å²) in [5.74, 6) is 0.635. The summed E-state index contributed by atoms with van der Waals surface area (Å²) < 4.78 is 26.4. The van der Waals surface area contributed by atoms with Gasteiger partial charge in [-0.1, -0.05) is 11.8 Å². The number of aryl methyl sites for hydroxylation is 2. The van der Waals surface area contributed by atoms with E-state index in [2.05, 4.69) is 9.97 Å². The van der Waals surface area contributed by atoms with E-state index < -0.39 is 11.4 Å². The lowest BCUT2D eigenvalue weighted by atomic mass is 10.2. The van der Waals surface area contributed by atoms with Crippen LogP contribution in [0.2, 0.25) is 0 Å². The Morgan fingerprint density at radius 3 is 2.09 bits per heavy atom. The molecule has 168 valence electrons. The number of aromatic nitrogens is 2. The van der Waals surface area contributed by atoms with E-state index in [4.69, 9.17) is 23.4 Å². The fraction of sp³-hybridized carbons (Fsp3) is 0.273. The van der Waals surface area contributed by atoms with Gasteiger partial charge in [0, 0.05) is 17.5 Å². The molecule has 0 aliphatic carbocycles. The predicted octanol–water partition coefficient (Wildman–Crippen LogP) is 3.58. The molecule has 0 bridgehead atoms. The molecule has 0 aliphatic heterocycles. The maximum atomic E-state index is 12.6. The van der Waals surface area contributed by atoms with Crippen LogP contribution >= 0.6 is 11.8 Å². The fourth-order valence-electron chi connectivity index (χ4n) is 2.84. The molecule has 0 radical (unpaired) electrons. The predicted molar refractivity (Wildman–Crippen MR) is 117 cm³/mol. The second-order valence-electron chi connectivity index (χ2n) is 6.60. The van der Waals surface area contributed by atoms with Gasteiger partial charge in [-0.25, -0.2) is 14.8 Å². The summed E-state index contributed by atoms with van der Waals surface area (Å²) >= 11 is 1.34. The summed E-state index contributed by atoms with van der Waals surface area (Å²) in [5, 5.41) is 0.586. The van der Waals surface area contributed by atoms with Crippen LogP contribution < -0.4 is 24.4 Å². The first kappa shape index (κ1) is 23.1. The fourth-order valence-corrected chi connectivity index (χ4v) is 3.68. The summed E-state index contributed by atoms with van der Waals surface area (Å²) in [6.45, 7) is 3.77.